The number of rotatable bonds is 5. The first-order valence-corrected chi connectivity index (χ1v) is 11.9. The number of benzene rings is 4. The highest BCUT2D eigenvalue weighted by atomic mass is 35.5. The topological polar surface area (TPSA) is 46.9 Å². The normalized spacial score (nSPS) is 10.4. The number of nitrogens with one attached hydrogen (secondary N) is 1. The molecular weight excluding hydrogens is 466 g/mol. The Bertz CT molecular complexity index is 1600. The average Bonchev–Trinajstić information content (AvgIpc) is 2.92. The fourth-order valence-corrected chi connectivity index (χ4v) is 4.19. The fraction of sp³-hybridized carbons (Fsp3) is 0.0323. The standard InChI is InChI=1S/C31H22ClN3O/c32-29-28(26-17-8-3-9-18-26)35(22-24-14-6-2-7-15-24)31(36)30(34-29)33-27-19-11-10-16-25(27)21-20-23-12-4-1-5-13-23/h1-19H,22H2,(H,33,34). The SMILES string of the molecule is O=c1c(Nc2ccccc2C#Cc2ccccc2)nc(Cl)c(-c2ccccc2)n1Cc1ccccc1. The van der Waals surface area contributed by atoms with Gasteiger partial charge < -0.3 is 5.32 Å². The molecule has 0 aliphatic heterocycles. The molecule has 0 aliphatic carbocycles. The van der Waals surface area contributed by atoms with Gasteiger partial charge in [0.25, 0.3) is 5.56 Å². The van der Waals surface area contributed by atoms with Crippen molar-refractivity contribution in [2.75, 3.05) is 5.32 Å². The summed E-state index contributed by atoms with van der Waals surface area (Å²) in [7, 11) is 0. The molecule has 5 heteroatoms. The van der Waals surface area contributed by atoms with E-state index in [2.05, 4.69) is 22.1 Å². The minimum Gasteiger partial charge on any atom is -0.335 e. The van der Waals surface area contributed by atoms with Gasteiger partial charge in [0.05, 0.1) is 17.9 Å². The number of anilines is 2. The van der Waals surface area contributed by atoms with Gasteiger partial charge in [-0.15, -0.1) is 0 Å². The first-order chi connectivity index (χ1) is 17.7. The largest absolute Gasteiger partial charge is 0.335 e. The van der Waals surface area contributed by atoms with E-state index in [9.17, 15) is 4.79 Å². The van der Waals surface area contributed by atoms with E-state index in [1.807, 2.05) is 115 Å². The molecule has 4 nitrogen and oxygen atoms in total. The Morgan fingerprint density at radius 1 is 0.750 bits per heavy atom. The summed E-state index contributed by atoms with van der Waals surface area (Å²) >= 11 is 6.72. The lowest BCUT2D eigenvalue weighted by atomic mass is 10.1. The molecule has 0 unspecified atom stereocenters. The fourth-order valence-electron chi connectivity index (χ4n) is 3.90. The van der Waals surface area contributed by atoms with Gasteiger partial charge in [0.2, 0.25) is 0 Å². The van der Waals surface area contributed by atoms with Gasteiger partial charge in [0, 0.05) is 16.7 Å². The molecular formula is C31H22ClN3O. The number of hydrogen-bond acceptors (Lipinski definition) is 3. The number of aromatic nitrogens is 2. The van der Waals surface area contributed by atoms with Crippen LogP contribution in [-0.4, -0.2) is 9.55 Å². The molecule has 0 fully saturated rings. The summed E-state index contributed by atoms with van der Waals surface area (Å²) in [6.45, 7) is 0.357. The van der Waals surface area contributed by atoms with Crippen LogP contribution in [0.3, 0.4) is 0 Å². The second-order valence-corrected chi connectivity index (χ2v) is 8.49. The molecule has 0 saturated heterocycles. The molecule has 36 heavy (non-hydrogen) atoms. The Morgan fingerprint density at radius 2 is 1.36 bits per heavy atom. The third kappa shape index (κ3) is 5.22. The number of halogens is 1. The molecule has 1 aromatic heterocycles. The molecule has 174 valence electrons. The molecule has 5 aromatic rings. The van der Waals surface area contributed by atoms with E-state index in [-0.39, 0.29) is 16.5 Å². The molecule has 4 aromatic carbocycles. The molecule has 0 saturated carbocycles. The molecule has 1 N–H and O–H groups in total. The van der Waals surface area contributed by atoms with Gasteiger partial charge in [-0.05, 0) is 29.8 Å². The lowest BCUT2D eigenvalue weighted by Gasteiger charge is -2.17. The Kier molecular flexibility index (Phi) is 6.93. The van der Waals surface area contributed by atoms with E-state index in [4.69, 9.17) is 11.6 Å². The van der Waals surface area contributed by atoms with Crippen LogP contribution in [0.1, 0.15) is 16.7 Å². The summed E-state index contributed by atoms with van der Waals surface area (Å²) in [4.78, 5) is 18.2. The number of nitrogens with zero attached hydrogens (tertiary/aromatic N) is 2. The molecule has 0 radical (unpaired) electrons. The van der Waals surface area contributed by atoms with Crippen LogP contribution in [0.15, 0.2) is 120 Å². The zero-order valence-corrected chi connectivity index (χ0v) is 20.1. The summed E-state index contributed by atoms with van der Waals surface area (Å²) in [6, 6.07) is 36.7. The zero-order valence-electron chi connectivity index (χ0n) is 19.4. The van der Waals surface area contributed by atoms with Crippen LogP contribution < -0.4 is 10.9 Å². The van der Waals surface area contributed by atoms with E-state index < -0.39 is 0 Å². The van der Waals surface area contributed by atoms with Crippen LogP contribution in [0.2, 0.25) is 5.15 Å². The molecule has 0 bridgehead atoms. The third-order valence-corrected chi connectivity index (χ3v) is 5.91. The van der Waals surface area contributed by atoms with Gasteiger partial charge in [-0.3, -0.25) is 9.36 Å². The minimum absolute atomic E-state index is 0.143. The summed E-state index contributed by atoms with van der Waals surface area (Å²) in [5.41, 5.74) is 4.45. The van der Waals surface area contributed by atoms with Gasteiger partial charge in [-0.25, -0.2) is 4.98 Å². The van der Waals surface area contributed by atoms with Crippen LogP contribution in [0.4, 0.5) is 11.5 Å². The van der Waals surface area contributed by atoms with Crippen LogP contribution in [-0.2, 0) is 6.54 Å². The lowest BCUT2D eigenvalue weighted by Crippen LogP contribution is -2.26. The smallest absolute Gasteiger partial charge is 0.294 e. The number of hydrogen-bond donors (Lipinski definition) is 1. The highest BCUT2D eigenvalue weighted by Crippen LogP contribution is 2.28. The summed E-state index contributed by atoms with van der Waals surface area (Å²) in [5.74, 6) is 6.50. The van der Waals surface area contributed by atoms with Crippen molar-refractivity contribution in [3.8, 4) is 23.1 Å². The molecule has 0 aliphatic rings. The van der Waals surface area contributed by atoms with Gasteiger partial charge in [0.1, 0.15) is 0 Å². The predicted molar refractivity (Wildman–Crippen MR) is 147 cm³/mol. The van der Waals surface area contributed by atoms with Crippen molar-refractivity contribution in [2.45, 2.75) is 6.54 Å². The van der Waals surface area contributed by atoms with E-state index >= 15 is 0 Å². The zero-order chi connectivity index (χ0) is 24.7. The molecule has 0 atom stereocenters. The monoisotopic (exact) mass is 487 g/mol. The van der Waals surface area contributed by atoms with Crippen LogP contribution in [0.25, 0.3) is 11.3 Å². The Labute approximate surface area is 214 Å². The Morgan fingerprint density at radius 3 is 2.08 bits per heavy atom. The van der Waals surface area contributed by atoms with Crippen molar-refractivity contribution in [3.63, 3.8) is 0 Å². The van der Waals surface area contributed by atoms with Crippen molar-refractivity contribution >= 4 is 23.1 Å². The van der Waals surface area contributed by atoms with E-state index in [1.54, 1.807) is 4.57 Å². The molecule has 0 amide bonds. The van der Waals surface area contributed by atoms with Gasteiger partial charge in [-0.1, -0.05) is 114 Å². The highest BCUT2D eigenvalue weighted by molar-refractivity contribution is 6.32. The second-order valence-electron chi connectivity index (χ2n) is 8.13. The minimum atomic E-state index is -0.270. The maximum absolute atomic E-state index is 13.8. The molecule has 1 heterocycles. The van der Waals surface area contributed by atoms with Gasteiger partial charge in [0.15, 0.2) is 11.0 Å². The summed E-state index contributed by atoms with van der Waals surface area (Å²) in [5, 5.41) is 3.43. The van der Waals surface area contributed by atoms with Crippen LogP contribution >= 0.6 is 11.6 Å². The van der Waals surface area contributed by atoms with Crippen molar-refractivity contribution in [1.29, 1.82) is 0 Å². The summed E-state index contributed by atoms with van der Waals surface area (Å²) < 4.78 is 1.67. The predicted octanol–water partition coefficient (Wildman–Crippen LogP) is 6.76. The van der Waals surface area contributed by atoms with Crippen molar-refractivity contribution in [1.82, 2.24) is 9.55 Å². The van der Waals surface area contributed by atoms with E-state index in [0.717, 1.165) is 22.3 Å². The first-order valence-electron chi connectivity index (χ1n) is 11.5. The maximum Gasteiger partial charge on any atom is 0.294 e. The van der Waals surface area contributed by atoms with Gasteiger partial charge in [-0.2, -0.15) is 0 Å². The van der Waals surface area contributed by atoms with Crippen molar-refractivity contribution in [3.05, 3.63) is 147 Å². The second kappa shape index (κ2) is 10.8. The highest BCUT2D eigenvalue weighted by Gasteiger charge is 2.18. The first kappa shape index (κ1) is 23.2. The maximum atomic E-state index is 13.8. The number of para-hydroxylation sites is 1. The summed E-state index contributed by atoms with van der Waals surface area (Å²) in [6.07, 6.45) is 0. The van der Waals surface area contributed by atoms with Crippen LogP contribution in [0, 0.1) is 11.8 Å². The quantitative estimate of drug-likeness (QED) is 0.279. The lowest BCUT2D eigenvalue weighted by molar-refractivity contribution is 0.761. The van der Waals surface area contributed by atoms with Crippen LogP contribution in [0.5, 0.6) is 0 Å². The van der Waals surface area contributed by atoms with Gasteiger partial charge >= 0.3 is 0 Å². The molecule has 0 spiro atoms. The van der Waals surface area contributed by atoms with E-state index in [0.29, 0.717) is 17.9 Å². The Hall–Kier alpha value is -4.59. The Balaban J connectivity index is 1.58. The average molecular weight is 488 g/mol. The third-order valence-electron chi connectivity index (χ3n) is 5.65. The van der Waals surface area contributed by atoms with Crippen molar-refractivity contribution < 1.29 is 0 Å². The van der Waals surface area contributed by atoms with E-state index in [1.165, 1.54) is 0 Å². The van der Waals surface area contributed by atoms with Crippen molar-refractivity contribution in [2.24, 2.45) is 0 Å². The molecule has 5 rings (SSSR count).